The number of halogens is 1. The lowest BCUT2D eigenvalue weighted by Crippen LogP contribution is -2.15. The highest BCUT2D eigenvalue weighted by molar-refractivity contribution is 5.99. The van der Waals surface area contributed by atoms with Crippen molar-refractivity contribution in [2.24, 2.45) is 5.92 Å². The molecule has 0 atom stereocenters. The maximum Gasteiger partial charge on any atom is 0.309 e. The van der Waals surface area contributed by atoms with Crippen LogP contribution in [0.3, 0.4) is 0 Å². The van der Waals surface area contributed by atoms with Gasteiger partial charge in [-0.15, -0.1) is 0 Å². The summed E-state index contributed by atoms with van der Waals surface area (Å²) in [6.45, 7) is 3.40. The van der Waals surface area contributed by atoms with Gasteiger partial charge < -0.3 is 9.30 Å². The summed E-state index contributed by atoms with van der Waals surface area (Å²) in [5, 5.41) is 0. The Morgan fingerprint density at radius 1 is 1.26 bits per heavy atom. The molecular formula is C18H18FNO3. The van der Waals surface area contributed by atoms with E-state index in [4.69, 9.17) is 4.74 Å². The highest BCUT2D eigenvalue weighted by Crippen LogP contribution is 2.30. The molecule has 1 heterocycles. The molecule has 0 spiro atoms. The van der Waals surface area contributed by atoms with E-state index >= 15 is 0 Å². The second-order valence-electron chi connectivity index (χ2n) is 5.91. The van der Waals surface area contributed by atoms with E-state index in [1.807, 2.05) is 11.5 Å². The maximum absolute atomic E-state index is 13.4. The minimum absolute atomic E-state index is 0.0254. The molecular weight excluding hydrogens is 297 g/mol. The lowest BCUT2D eigenvalue weighted by Gasteiger charge is -2.10. The van der Waals surface area contributed by atoms with E-state index in [9.17, 15) is 14.0 Å². The van der Waals surface area contributed by atoms with Crippen molar-refractivity contribution in [3.05, 3.63) is 53.1 Å². The number of aryl methyl sites for hydroxylation is 1. The molecule has 1 aromatic carbocycles. The van der Waals surface area contributed by atoms with Gasteiger partial charge in [-0.3, -0.25) is 9.59 Å². The Morgan fingerprint density at radius 3 is 2.65 bits per heavy atom. The van der Waals surface area contributed by atoms with Crippen molar-refractivity contribution in [1.29, 1.82) is 0 Å². The Labute approximate surface area is 133 Å². The molecule has 0 saturated heterocycles. The molecule has 0 amide bonds. The van der Waals surface area contributed by atoms with Gasteiger partial charge in [-0.2, -0.15) is 0 Å². The fourth-order valence-corrected chi connectivity index (χ4v) is 2.71. The molecule has 0 aliphatic heterocycles. The number of ether oxygens (including phenoxy) is 1. The molecule has 120 valence electrons. The van der Waals surface area contributed by atoms with Crippen LogP contribution in [-0.4, -0.2) is 22.9 Å². The Balaban J connectivity index is 1.82. The topological polar surface area (TPSA) is 48.3 Å². The predicted molar refractivity (Wildman–Crippen MR) is 83.2 cm³/mol. The van der Waals surface area contributed by atoms with Crippen LogP contribution < -0.4 is 0 Å². The maximum atomic E-state index is 13.4. The van der Waals surface area contributed by atoms with E-state index in [1.54, 1.807) is 25.1 Å². The summed E-state index contributed by atoms with van der Waals surface area (Å²) in [5.41, 5.74) is 2.69. The van der Waals surface area contributed by atoms with E-state index in [0.717, 1.165) is 18.5 Å². The van der Waals surface area contributed by atoms with Gasteiger partial charge in [-0.05, 0) is 51.0 Å². The first-order valence-electron chi connectivity index (χ1n) is 7.62. The van der Waals surface area contributed by atoms with Gasteiger partial charge in [-0.1, -0.05) is 6.07 Å². The van der Waals surface area contributed by atoms with Crippen molar-refractivity contribution in [3.8, 4) is 5.69 Å². The molecule has 0 radical (unpaired) electrons. The predicted octanol–water partition coefficient (Wildman–Crippen LogP) is 3.37. The summed E-state index contributed by atoms with van der Waals surface area (Å²) in [7, 11) is 0. The SMILES string of the molecule is Cc1cc(C(=O)COC(=O)C2CC2)c(C)n1-c1cccc(F)c1. The summed E-state index contributed by atoms with van der Waals surface area (Å²) in [4.78, 5) is 23.8. The van der Waals surface area contributed by atoms with Crippen molar-refractivity contribution in [1.82, 2.24) is 4.57 Å². The molecule has 1 aliphatic rings. The zero-order chi connectivity index (χ0) is 16.6. The zero-order valence-corrected chi connectivity index (χ0v) is 13.1. The molecule has 0 unspecified atom stereocenters. The number of nitrogens with zero attached hydrogens (tertiary/aromatic N) is 1. The average molecular weight is 315 g/mol. The zero-order valence-electron chi connectivity index (χ0n) is 13.1. The average Bonchev–Trinajstić information content (AvgIpc) is 3.31. The van der Waals surface area contributed by atoms with Crippen LogP contribution in [0.2, 0.25) is 0 Å². The standard InChI is InChI=1S/C18H18FNO3/c1-11-8-16(17(21)10-23-18(22)13-6-7-13)12(2)20(11)15-5-3-4-14(19)9-15/h3-5,8-9,13H,6-7,10H2,1-2H3. The van der Waals surface area contributed by atoms with Crippen LogP contribution in [-0.2, 0) is 9.53 Å². The molecule has 1 aromatic heterocycles. The third-order valence-corrected chi connectivity index (χ3v) is 4.05. The summed E-state index contributed by atoms with van der Waals surface area (Å²) in [6.07, 6.45) is 1.70. The quantitative estimate of drug-likeness (QED) is 0.628. The Hall–Kier alpha value is -2.43. The second kappa shape index (κ2) is 5.99. The van der Waals surface area contributed by atoms with Crippen LogP contribution in [0.1, 0.15) is 34.6 Å². The van der Waals surface area contributed by atoms with Gasteiger partial charge in [0.1, 0.15) is 5.82 Å². The van der Waals surface area contributed by atoms with Gasteiger partial charge in [0.05, 0.1) is 5.92 Å². The van der Waals surface area contributed by atoms with Gasteiger partial charge in [0, 0.05) is 22.6 Å². The molecule has 5 heteroatoms. The summed E-state index contributed by atoms with van der Waals surface area (Å²) in [6, 6.07) is 7.95. The molecule has 3 rings (SSSR count). The van der Waals surface area contributed by atoms with E-state index in [-0.39, 0.29) is 30.1 Å². The third kappa shape index (κ3) is 3.18. The first-order chi connectivity index (χ1) is 11.0. The monoisotopic (exact) mass is 315 g/mol. The molecule has 2 aromatic rings. The van der Waals surface area contributed by atoms with Crippen LogP contribution in [0.5, 0.6) is 0 Å². The van der Waals surface area contributed by atoms with Crippen LogP contribution >= 0.6 is 0 Å². The van der Waals surface area contributed by atoms with Crippen molar-refractivity contribution in [2.45, 2.75) is 26.7 Å². The van der Waals surface area contributed by atoms with E-state index in [0.29, 0.717) is 16.9 Å². The Bertz CT molecular complexity index is 775. The van der Waals surface area contributed by atoms with Crippen molar-refractivity contribution in [3.63, 3.8) is 0 Å². The normalized spacial score (nSPS) is 13.9. The van der Waals surface area contributed by atoms with Crippen LogP contribution in [0, 0.1) is 25.6 Å². The summed E-state index contributed by atoms with van der Waals surface area (Å²) in [5.74, 6) is -0.893. The number of ketones is 1. The molecule has 1 fully saturated rings. The first-order valence-corrected chi connectivity index (χ1v) is 7.62. The number of esters is 1. The molecule has 0 N–H and O–H groups in total. The lowest BCUT2D eigenvalue weighted by molar-refractivity contribution is -0.144. The van der Waals surface area contributed by atoms with Gasteiger partial charge in [0.15, 0.2) is 6.61 Å². The minimum Gasteiger partial charge on any atom is -0.457 e. The highest BCUT2D eigenvalue weighted by atomic mass is 19.1. The van der Waals surface area contributed by atoms with Crippen molar-refractivity contribution < 1.29 is 18.7 Å². The number of hydrogen-bond acceptors (Lipinski definition) is 3. The molecule has 23 heavy (non-hydrogen) atoms. The largest absolute Gasteiger partial charge is 0.457 e. The number of carbonyl (C=O) groups excluding carboxylic acids is 2. The lowest BCUT2D eigenvalue weighted by atomic mass is 10.1. The summed E-state index contributed by atoms with van der Waals surface area (Å²) >= 11 is 0. The fraction of sp³-hybridized carbons (Fsp3) is 0.333. The van der Waals surface area contributed by atoms with Gasteiger partial charge >= 0.3 is 5.97 Å². The van der Waals surface area contributed by atoms with Gasteiger partial charge in [0.2, 0.25) is 5.78 Å². The number of aromatic nitrogens is 1. The van der Waals surface area contributed by atoms with E-state index in [1.165, 1.54) is 12.1 Å². The second-order valence-corrected chi connectivity index (χ2v) is 5.91. The minimum atomic E-state index is -0.332. The third-order valence-electron chi connectivity index (χ3n) is 4.05. The van der Waals surface area contributed by atoms with E-state index < -0.39 is 0 Å². The molecule has 1 saturated carbocycles. The van der Waals surface area contributed by atoms with Crippen molar-refractivity contribution in [2.75, 3.05) is 6.61 Å². The van der Waals surface area contributed by atoms with Crippen LogP contribution in [0.4, 0.5) is 4.39 Å². The number of hydrogen-bond donors (Lipinski definition) is 0. The number of Topliss-reactive ketones (excluding diaryl/α,β-unsaturated/α-hetero) is 1. The fourth-order valence-electron chi connectivity index (χ4n) is 2.71. The molecule has 4 nitrogen and oxygen atoms in total. The van der Waals surface area contributed by atoms with E-state index in [2.05, 4.69) is 0 Å². The smallest absolute Gasteiger partial charge is 0.309 e. The van der Waals surface area contributed by atoms with Crippen LogP contribution in [0.15, 0.2) is 30.3 Å². The first kappa shape index (κ1) is 15.5. The number of benzene rings is 1. The van der Waals surface area contributed by atoms with Gasteiger partial charge in [0.25, 0.3) is 0 Å². The Morgan fingerprint density at radius 2 is 2.00 bits per heavy atom. The highest BCUT2D eigenvalue weighted by Gasteiger charge is 2.31. The number of rotatable bonds is 5. The molecule has 1 aliphatic carbocycles. The summed E-state index contributed by atoms with van der Waals surface area (Å²) < 4.78 is 20.3. The number of carbonyl (C=O) groups is 2. The van der Waals surface area contributed by atoms with Crippen molar-refractivity contribution >= 4 is 11.8 Å². The molecule has 0 bridgehead atoms. The van der Waals surface area contributed by atoms with Gasteiger partial charge in [-0.25, -0.2) is 4.39 Å². The Kier molecular flexibility index (Phi) is 4.03. The van der Waals surface area contributed by atoms with Crippen LogP contribution in [0.25, 0.3) is 5.69 Å².